The first-order valence-electron chi connectivity index (χ1n) is 6.64. The molecule has 2 atom stereocenters. The van der Waals surface area contributed by atoms with Gasteiger partial charge in [-0.2, -0.15) is 0 Å². The zero-order valence-electron chi connectivity index (χ0n) is 10.7. The molecule has 1 aliphatic rings. The lowest BCUT2D eigenvalue weighted by Gasteiger charge is -2.35. The van der Waals surface area contributed by atoms with E-state index in [1.807, 2.05) is 0 Å². The summed E-state index contributed by atoms with van der Waals surface area (Å²) in [5.41, 5.74) is 6.20. The molecule has 0 amide bonds. The number of hydrogen-bond donors (Lipinski definition) is 1. The molecule has 15 heavy (non-hydrogen) atoms. The van der Waals surface area contributed by atoms with E-state index in [0.717, 1.165) is 5.92 Å². The van der Waals surface area contributed by atoms with Crippen molar-refractivity contribution in [3.63, 3.8) is 0 Å². The lowest BCUT2D eigenvalue weighted by molar-refractivity contribution is 0.153. The Bertz CT molecular complexity index is 166. The van der Waals surface area contributed by atoms with Gasteiger partial charge in [0.2, 0.25) is 0 Å². The molecule has 1 rings (SSSR count). The van der Waals surface area contributed by atoms with Crippen molar-refractivity contribution < 1.29 is 0 Å². The first-order chi connectivity index (χ1) is 7.15. The first kappa shape index (κ1) is 13.0. The highest BCUT2D eigenvalue weighted by atomic mass is 15.1. The Morgan fingerprint density at radius 3 is 2.47 bits per heavy atom. The van der Waals surface area contributed by atoms with E-state index in [-0.39, 0.29) is 0 Å². The number of rotatable bonds is 5. The molecule has 2 unspecified atom stereocenters. The molecule has 0 spiro atoms. The second kappa shape index (κ2) is 6.49. The van der Waals surface area contributed by atoms with E-state index >= 15 is 0 Å². The van der Waals surface area contributed by atoms with Crippen molar-refractivity contribution >= 4 is 0 Å². The molecule has 1 fully saturated rings. The lowest BCUT2D eigenvalue weighted by atomic mass is 9.84. The fraction of sp³-hybridized carbons (Fsp3) is 1.00. The summed E-state index contributed by atoms with van der Waals surface area (Å²) in [4.78, 5) is 2.59. The molecule has 2 N–H and O–H groups in total. The summed E-state index contributed by atoms with van der Waals surface area (Å²) >= 11 is 0. The van der Waals surface area contributed by atoms with Crippen LogP contribution in [0, 0.1) is 5.92 Å². The van der Waals surface area contributed by atoms with E-state index in [2.05, 4.69) is 25.7 Å². The van der Waals surface area contributed by atoms with Crippen molar-refractivity contribution in [3.05, 3.63) is 0 Å². The predicted molar refractivity (Wildman–Crippen MR) is 66.9 cm³/mol. The molecule has 0 aromatic rings. The average molecular weight is 212 g/mol. The van der Waals surface area contributed by atoms with Gasteiger partial charge in [0.15, 0.2) is 0 Å². The molecule has 1 aliphatic carbocycles. The lowest BCUT2D eigenvalue weighted by Crippen LogP contribution is -2.43. The van der Waals surface area contributed by atoms with Crippen LogP contribution >= 0.6 is 0 Å². The maximum Gasteiger partial charge on any atom is 0.00793 e. The second-order valence-corrected chi connectivity index (χ2v) is 5.30. The van der Waals surface area contributed by atoms with Gasteiger partial charge in [0.05, 0.1) is 0 Å². The van der Waals surface area contributed by atoms with Crippen LogP contribution in [0.25, 0.3) is 0 Å². The molecule has 1 saturated carbocycles. The number of nitrogens with two attached hydrogens (primary N) is 1. The topological polar surface area (TPSA) is 29.3 Å². The standard InChI is InChI=1S/C13H28N2/c1-4-9-15(11(2)3)10-12-7-5-6-8-13(12)14/h11-13H,4-10,14H2,1-3H3. The molecule has 2 heteroatoms. The summed E-state index contributed by atoms with van der Waals surface area (Å²) in [5, 5.41) is 0. The van der Waals surface area contributed by atoms with Gasteiger partial charge in [0.25, 0.3) is 0 Å². The third kappa shape index (κ3) is 4.12. The molecule has 0 aromatic carbocycles. The van der Waals surface area contributed by atoms with Gasteiger partial charge >= 0.3 is 0 Å². The van der Waals surface area contributed by atoms with Crippen LogP contribution < -0.4 is 5.73 Å². The van der Waals surface area contributed by atoms with Gasteiger partial charge in [-0.1, -0.05) is 19.8 Å². The van der Waals surface area contributed by atoms with Gasteiger partial charge in [-0.05, 0) is 45.6 Å². The molecule has 0 saturated heterocycles. The summed E-state index contributed by atoms with van der Waals surface area (Å²) in [6.45, 7) is 9.29. The van der Waals surface area contributed by atoms with E-state index in [1.54, 1.807) is 0 Å². The molecular weight excluding hydrogens is 184 g/mol. The molecule has 0 aromatic heterocycles. The Balaban J connectivity index is 2.41. The van der Waals surface area contributed by atoms with Crippen molar-refractivity contribution in [2.75, 3.05) is 13.1 Å². The highest BCUT2D eigenvalue weighted by molar-refractivity contribution is 4.81. The summed E-state index contributed by atoms with van der Waals surface area (Å²) in [6.07, 6.45) is 6.56. The van der Waals surface area contributed by atoms with Gasteiger partial charge in [-0.15, -0.1) is 0 Å². The Labute approximate surface area is 95.2 Å². The summed E-state index contributed by atoms with van der Waals surface area (Å²) in [6, 6.07) is 1.12. The highest BCUT2D eigenvalue weighted by Crippen LogP contribution is 2.24. The van der Waals surface area contributed by atoms with Crippen molar-refractivity contribution in [1.29, 1.82) is 0 Å². The maximum atomic E-state index is 6.20. The maximum absolute atomic E-state index is 6.20. The minimum Gasteiger partial charge on any atom is -0.327 e. The molecule has 90 valence electrons. The third-order valence-corrected chi connectivity index (χ3v) is 3.68. The number of hydrogen-bond acceptors (Lipinski definition) is 2. The molecule has 0 aliphatic heterocycles. The molecule has 0 radical (unpaired) electrons. The van der Waals surface area contributed by atoms with Gasteiger partial charge in [-0.25, -0.2) is 0 Å². The largest absolute Gasteiger partial charge is 0.327 e. The van der Waals surface area contributed by atoms with Gasteiger partial charge in [0.1, 0.15) is 0 Å². The van der Waals surface area contributed by atoms with Crippen molar-refractivity contribution in [3.8, 4) is 0 Å². The Kier molecular flexibility index (Phi) is 5.62. The fourth-order valence-electron chi connectivity index (χ4n) is 2.61. The van der Waals surface area contributed by atoms with Crippen LogP contribution in [0.1, 0.15) is 52.9 Å². The van der Waals surface area contributed by atoms with E-state index in [4.69, 9.17) is 5.73 Å². The van der Waals surface area contributed by atoms with Crippen LogP contribution in [-0.2, 0) is 0 Å². The highest BCUT2D eigenvalue weighted by Gasteiger charge is 2.24. The van der Waals surface area contributed by atoms with E-state index in [1.165, 1.54) is 45.2 Å². The zero-order chi connectivity index (χ0) is 11.3. The summed E-state index contributed by atoms with van der Waals surface area (Å²) in [7, 11) is 0. The summed E-state index contributed by atoms with van der Waals surface area (Å²) < 4.78 is 0. The van der Waals surface area contributed by atoms with E-state index in [9.17, 15) is 0 Å². The summed E-state index contributed by atoms with van der Waals surface area (Å²) in [5.74, 6) is 0.743. The fourth-order valence-corrected chi connectivity index (χ4v) is 2.61. The van der Waals surface area contributed by atoms with Crippen molar-refractivity contribution in [2.45, 2.75) is 65.0 Å². The van der Waals surface area contributed by atoms with Crippen LogP contribution in [0.5, 0.6) is 0 Å². The van der Waals surface area contributed by atoms with Crippen LogP contribution in [-0.4, -0.2) is 30.1 Å². The molecule has 2 nitrogen and oxygen atoms in total. The smallest absolute Gasteiger partial charge is 0.00793 e. The van der Waals surface area contributed by atoms with Crippen molar-refractivity contribution in [2.24, 2.45) is 11.7 Å². The quantitative estimate of drug-likeness (QED) is 0.759. The van der Waals surface area contributed by atoms with Crippen LogP contribution in [0.4, 0.5) is 0 Å². The minimum atomic E-state index is 0.455. The van der Waals surface area contributed by atoms with Gasteiger partial charge in [0, 0.05) is 18.6 Å². The SMILES string of the molecule is CCCN(CC1CCCCC1N)C(C)C. The minimum absolute atomic E-state index is 0.455. The Morgan fingerprint density at radius 2 is 1.93 bits per heavy atom. The average Bonchev–Trinajstić information content (AvgIpc) is 2.20. The zero-order valence-corrected chi connectivity index (χ0v) is 10.7. The molecule has 0 heterocycles. The normalized spacial score (nSPS) is 27.6. The second-order valence-electron chi connectivity index (χ2n) is 5.30. The van der Waals surface area contributed by atoms with Crippen LogP contribution in [0.3, 0.4) is 0 Å². The van der Waals surface area contributed by atoms with E-state index < -0.39 is 0 Å². The number of nitrogens with zero attached hydrogens (tertiary/aromatic N) is 1. The van der Waals surface area contributed by atoms with E-state index in [0.29, 0.717) is 12.1 Å². The van der Waals surface area contributed by atoms with Crippen molar-refractivity contribution in [1.82, 2.24) is 4.90 Å². The Morgan fingerprint density at radius 1 is 1.27 bits per heavy atom. The van der Waals surface area contributed by atoms with Crippen LogP contribution in [0.2, 0.25) is 0 Å². The predicted octanol–water partition coefficient (Wildman–Crippen LogP) is 2.62. The third-order valence-electron chi connectivity index (χ3n) is 3.68. The molecular formula is C13H28N2. The Hall–Kier alpha value is -0.0800. The molecule has 0 bridgehead atoms. The first-order valence-corrected chi connectivity index (χ1v) is 6.64. The van der Waals surface area contributed by atoms with Crippen LogP contribution in [0.15, 0.2) is 0 Å². The monoisotopic (exact) mass is 212 g/mol. The van der Waals surface area contributed by atoms with Gasteiger partial charge < -0.3 is 10.6 Å². The van der Waals surface area contributed by atoms with Gasteiger partial charge in [-0.3, -0.25) is 0 Å².